The normalized spacial score (nSPS) is 12.6. The zero-order valence-corrected chi connectivity index (χ0v) is 15.2. The van der Waals surface area contributed by atoms with Gasteiger partial charge in [-0.15, -0.1) is 0 Å². The first kappa shape index (κ1) is 21.1. The molecule has 2 aromatic heterocycles. The predicted molar refractivity (Wildman–Crippen MR) is 98.9 cm³/mol. The Morgan fingerprint density at radius 2 is 2.11 bits per heavy atom. The molecule has 0 unspecified atom stereocenters. The van der Waals surface area contributed by atoms with Crippen LogP contribution in [0, 0.1) is 5.41 Å². The fourth-order valence-corrected chi connectivity index (χ4v) is 1.99. The summed E-state index contributed by atoms with van der Waals surface area (Å²) in [6.45, 7) is 0.309. The van der Waals surface area contributed by atoms with Crippen molar-refractivity contribution in [3.05, 3.63) is 52.7 Å². The van der Waals surface area contributed by atoms with Gasteiger partial charge in [0.25, 0.3) is 0 Å². The van der Waals surface area contributed by atoms with Crippen LogP contribution in [0.3, 0.4) is 0 Å². The molecule has 0 saturated carbocycles. The van der Waals surface area contributed by atoms with Crippen LogP contribution >= 0.6 is 11.6 Å². The van der Waals surface area contributed by atoms with Crippen molar-refractivity contribution in [1.29, 1.82) is 5.41 Å². The van der Waals surface area contributed by atoms with Crippen LogP contribution < -0.4 is 11.1 Å². The number of alkyl halides is 3. The number of hydrogen-bond acceptors (Lipinski definition) is 8. The number of aliphatic imine (C=N–C) groups is 1. The van der Waals surface area contributed by atoms with E-state index in [-0.39, 0.29) is 17.0 Å². The maximum atomic E-state index is 12.5. The molecule has 0 fully saturated rings. The molecular weight excluding hydrogens is 399 g/mol. The Morgan fingerprint density at radius 1 is 1.36 bits per heavy atom. The minimum Gasteiger partial charge on any atom is -0.481 e. The third-order valence-electron chi connectivity index (χ3n) is 3.25. The molecule has 8 nitrogen and oxygen atoms in total. The molecule has 2 heterocycles. The molecule has 12 heteroatoms. The Kier molecular flexibility index (Phi) is 6.88. The van der Waals surface area contributed by atoms with Gasteiger partial charge >= 0.3 is 6.18 Å². The van der Waals surface area contributed by atoms with E-state index >= 15 is 0 Å². The van der Waals surface area contributed by atoms with E-state index in [2.05, 4.69) is 25.3 Å². The molecule has 0 aromatic carbocycles. The number of rotatable bonds is 6. The first-order valence-electron chi connectivity index (χ1n) is 7.61. The summed E-state index contributed by atoms with van der Waals surface area (Å²) in [6.07, 6.45) is -0.131. The van der Waals surface area contributed by atoms with Gasteiger partial charge in [-0.05, 0) is 23.2 Å². The number of anilines is 1. The lowest BCUT2D eigenvalue weighted by Crippen LogP contribution is -2.21. The second kappa shape index (κ2) is 9.13. The molecule has 0 aliphatic heterocycles. The number of ether oxygens (including phenoxy) is 1. The van der Waals surface area contributed by atoms with Gasteiger partial charge in [-0.1, -0.05) is 6.07 Å². The third-order valence-corrected chi connectivity index (χ3v) is 3.43. The Morgan fingerprint density at radius 3 is 2.68 bits per heavy atom. The SMILES string of the molecule is COC(/C=C(\N)C(F)(F)F)=Nc1ccc(CNc2nc(Cl)ncc2C=N)cn1. The van der Waals surface area contributed by atoms with E-state index in [0.29, 0.717) is 24.0 Å². The average Bonchev–Trinajstić information content (AvgIpc) is 2.66. The summed E-state index contributed by atoms with van der Waals surface area (Å²) in [4.78, 5) is 15.7. The first-order valence-corrected chi connectivity index (χ1v) is 7.99. The molecule has 2 rings (SSSR count). The lowest BCUT2D eigenvalue weighted by molar-refractivity contribution is -0.0926. The van der Waals surface area contributed by atoms with Crippen LogP contribution in [0.2, 0.25) is 5.28 Å². The Hall–Kier alpha value is -3.21. The molecule has 0 radical (unpaired) electrons. The van der Waals surface area contributed by atoms with Gasteiger partial charge < -0.3 is 21.2 Å². The molecule has 2 aromatic rings. The van der Waals surface area contributed by atoms with Crippen LogP contribution in [0.5, 0.6) is 0 Å². The van der Waals surface area contributed by atoms with E-state index in [0.717, 1.165) is 11.8 Å². The second-order valence-corrected chi connectivity index (χ2v) is 5.56. The molecule has 28 heavy (non-hydrogen) atoms. The van der Waals surface area contributed by atoms with Crippen molar-refractivity contribution in [2.75, 3.05) is 12.4 Å². The number of pyridine rings is 1. The Labute approximate surface area is 162 Å². The van der Waals surface area contributed by atoms with Crippen LogP contribution in [0.1, 0.15) is 11.1 Å². The van der Waals surface area contributed by atoms with E-state index in [1.165, 1.54) is 25.6 Å². The van der Waals surface area contributed by atoms with Gasteiger partial charge in [-0.25, -0.2) is 15.0 Å². The fourth-order valence-electron chi connectivity index (χ4n) is 1.85. The van der Waals surface area contributed by atoms with E-state index < -0.39 is 11.9 Å². The van der Waals surface area contributed by atoms with Crippen molar-refractivity contribution in [3.63, 3.8) is 0 Å². The summed E-state index contributed by atoms with van der Waals surface area (Å²) in [5, 5.41) is 10.4. The lowest BCUT2D eigenvalue weighted by atomic mass is 10.2. The van der Waals surface area contributed by atoms with Gasteiger partial charge in [0.1, 0.15) is 11.5 Å². The molecule has 0 saturated heterocycles. The number of nitrogens with one attached hydrogen (secondary N) is 2. The van der Waals surface area contributed by atoms with Crippen molar-refractivity contribution < 1.29 is 17.9 Å². The van der Waals surface area contributed by atoms with Gasteiger partial charge in [-0.3, -0.25) is 0 Å². The molecule has 0 atom stereocenters. The summed E-state index contributed by atoms with van der Waals surface area (Å²) in [5.41, 5.74) is 4.80. The van der Waals surface area contributed by atoms with Crippen molar-refractivity contribution >= 4 is 35.3 Å². The highest BCUT2D eigenvalue weighted by atomic mass is 35.5. The Bertz CT molecular complexity index is 898. The molecule has 0 aliphatic carbocycles. The highest BCUT2D eigenvalue weighted by Gasteiger charge is 2.31. The molecule has 0 bridgehead atoms. The van der Waals surface area contributed by atoms with Gasteiger partial charge in [0.2, 0.25) is 11.2 Å². The number of allylic oxidation sites excluding steroid dienone is 1. The third kappa shape index (κ3) is 5.91. The quantitative estimate of drug-likeness (QED) is 0.379. The standard InChI is InChI=1S/C16H15ClF3N7O/c1-28-13(4-11(22)16(18,19)20)26-12-3-2-9(6-23-12)7-24-14-10(5-21)8-25-15(17)27-14/h2-6,8,21H,7,22H2,1H3,(H,24,25,27)/b11-4-,21-5?,26-13?. The zero-order valence-electron chi connectivity index (χ0n) is 14.5. The van der Waals surface area contributed by atoms with Gasteiger partial charge in [0.15, 0.2) is 5.82 Å². The highest BCUT2D eigenvalue weighted by Crippen LogP contribution is 2.22. The van der Waals surface area contributed by atoms with Gasteiger partial charge in [-0.2, -0.15) is 18.2 Å². The van der Waals surface area contributed by atoms with Crippen LogP contribution in [0.15, 0.2) is 41.3 Å². The lowest BCUT2D eigenvalue weighted by Gasteiger charge is -2.08. The number of nitrogens with zero attached hydrogens (tertiary/aromatic N) is 4. The number of halogens is 4. The second-order valence-electron chi connectivity index (χ2n) is 5.22. The molecule has 0 amide bonds. The minimum absolute atomic E-state index is 0.0363. The van der Waals surface area contributed by atoms with Crippen LogP contribution in [-0.4, -0.2) is 40.4 Å². The summed E-state index contributed by atoms with van der Waals surface area (Å²) in [7, 11) is 1.17. The summed E-state index contributed by atoms with van der Waals surface area (Å²) >= 11 is 5.74. The number of methoxy groups -OCH3 is 1. The minimum atomic E-state index is -4.68. The first-order chi connectivity index (χ1) is 13.2. The van der Waals surface area contributed by atoms with Crippen LogP contribution in [-0.2, 0) is 11.3 Å². The monoisotopic (exact) mass is 413 g/mol. The van der Waals surface area contributed by atoms with E-state index in [9.17, 15) is 13.2 Å². The van der Waals surface area contributed by atoms with Crippen LogP contribution in [0.25, 0.3) is 0 Å². The van der Waals surface area contributed by atoms with Crippen molar-refractivity contribution in [2.45, 2.75) is 12.7 Å². The Balaban J connectivity index is 2.11. The topological polar surface area (TPSA) is 122 Å². The zero-order chi connectivity index (χ0) is 20.7. The molecule has 148 valence electrons. The van der Waals surface area contributed by atoms with E-state index in [1.807, 2.05) is 0 Å². The molecular formula is C16H15ClF3N7O. The van der Waals surface area contributed by atoms with E-state index in [4.69, 9.17) is 27.5 Å². The molecule has 4 N–H and O–H groups in total. The molecule has 0 aliphatic rings. The summed E-state index contributed by atoms with van der Waals surface area (Å²) in [6, 6.07) is 3.16. The van der Waals surface area contributed by atoms with Crippen LogP contribution in [0.4, 0.5) is 24.8 Å². The predicted octanol–water partition coefficient (Wildman–Crippen LogP) is 3.22. The number of nitrogens with two attached hydrogens (primary N) is 1. The summed E-state index contributed by atoms with van der Waals surface area (Å²) in [5.74, 6) is 0.183. The van der Waals surface area contributed by atoms with Gasteiger partial charge in [0.05, 0.1) is 12.7 Å². The van der Waals surface area contributed by atoms with Gasteiger partial charge in [0, 0.05) is 31.2 Å². The smallest absolute Gasteiger partial charge is 0.430 e. The number of aromatic nitrogens is 3. The maximum absolute atomic E-state index is 12.5. The number of hydrogen-bond donors (Lipinski definition) is 3. The fraction of sp³-hybridized carbons (Fsp3) is 0.188. The van der Waals surface area contributed by atoms with Crippen molar-refractivity contribution in [1.82, 2.24) is 15.0 Å². The largest absolute Gasteiger partial charge is 0.481 e. The van der Waals surface area contributed by atoms with Crippen molar-refractivity contribution in [3.8, 4) is 0 Å². The van der Waals surface area contributed by atoms with E-state index in [1.54, 1.807) is 6.07 Å². The maximum Gasteiger partial charge on any atom is 0.430 e. The van der Waals surface area contributed by atoms with Crippen molar-refractivity contribution in [2.24, 2.45) is 10.7 Å². The summed E-state index contributed by atoms with van der Waals surface area (Å²) < 4.78 is 42.2. The molecule has 0 spiro atoms. The highest BCUT2D eigenvalue weighted by molar-refractivity contribution is 6.28. The average molecular weight is 414 g/mol.